The van der Waals surface area contributed by atoms with Gasteiger partial charge in [0.2, 0.25) is 0 Å². The van der Waals surface area contributed by atoms with Gasteiger partial charge in [0.15, 0.2) is 11.6 Å². The third kappa shape index (κ3) is 1.86. The highest BCUT2D eigenvalue weighted by Gasteiger charge is 2.48. The van der Waals surface area contributed by atoms with Crippen molar-refractivity contribution < 1.29 is 23.4 Å². The lowest BCUT2D eigenvalue weighted by atomic mass is 10.2. The Labute approximate surface area is 101 Å². The molecule has 96 valence electrons. The molecule has 1 aromatic carbocycles. The van der Waals surface area contributed by atoms with Crippen molar-refractivity contribution in [2.24, 2.45) is 0 Å². The van der Waals surface area contributed by atoms with Crippen molar-refractivity contribution in [1.29, 1.82) is 0 Å². The predicted molar refractivity (Wildman–Crippen MR) is 58.9 cm³/mol. The quantitative estimate of drug-likeness (QED) is 0.789. The van der Waals surface area contributed by atoms with Crippen LogP contribution in [0.2, 0.25) is 0 Å². The first-order chi connectivity index (χ1) is 8.54. The average molecular weight is 256 g/mol. The summed E-state index contributed by atoms with van der Waals surface area (Å²) in [6.07, 6.45) is -1.22. The van der Waals surface area contributed by atoms with E-state index in [1.54, 1.807) is 4.90 Å². The standard InChI is InChI=1S/C11H10F2N2O3/c12-6-1-5(14-11(16)17)2-7(13)10(6)15-3-8-9(4-15)18-8/h1-2,8-9,14H,3-4H2,(H,16,17). The second-order valence-electron chi connectivity index (χ2n) is 4.34. The molecule has 18 heavy (non-hydrogen) atoms. The smallest absolute Gasteiger partial charge is 0.409 e. The van der Waals surface area contributed by atoms with Crippen LogP contribution in [0.4, 0.5) is 25.0 Å². The summed E-state index contributed by atoms with van der Waals surface area (Å²) in [6, 6.07) is 1.94. The summed E-state index contributed by atoms with van der Waals surface area (Å²) in [5, 5.41) is 10.4. The van der Waals surface area contributed by atoms with E-state index in [4.69, 9.17) is 9.84 Å². The summed E-state index contributed by atoms with van der Waals surface area (Å²) in [6.45, 7) is 0.925. The minimum Gasteiger partial charge on any atom is -0.465 e. The number of halogens is 2. The number of ether oxygens (including phenoxy) is 1. The largest absolute Gasteiger partial charge is 0.465 e. The molecule has 3 rings (SSSR count). The Morgan fingerprint density at radius 3 is 2.39 bits per heavy atom. The molecule has 0 bridgehead atoms. The fraction of sp³-hybridized carbons (Fsp3) is 0.364. The number of morpholine rings is 1. The van der Waals surface area contributed by atoms with Crippen molar-refractivity contribution in [3.63, 3.8) is 0 Å². The number of rotatable bonds is 2. The zero-order valence-electron chi connectivity index (χ0n) is 9.19. The summed E-state index contributed by atoms with van der Waals surface area (Å²) in [7, 11) is 0. The van der Waals surface area contributed by atoms with Crippen molar-refractivity contribution in [1.82, 2.24) is 0 Å². The molecule has 0 radical (unpaired) electrons. The average Bonchev–Trinajstić information content (AvgIpc) is 2.84. The first-order valence-corrected chi connectivity index (χ1v) is 5.44. The number of epoxide rings is 1. The zero-order chi connectivity index (χ0) is 12.9. The van der Waals surface area contributed by atoms with Gasteiger partial charge in [-0.2, -0.15) is 0 Å². The number of hydrogen-bond donors (Lipinski definition) is 2. The van der Waals surface area contributed by atoms with E-state index in [9.17, 15) is 13.6 Å². The van der Waals surface area contributed by atoms with Crippen molar-refractivity contribution in [2.45, 2.75) is 12.2 Å². The van der Waals surface area contributed by atoms with Crippen LogP contribution in [0, 0.1) is 11.6 Å². The van der Waals surface area contributed by atoms with Gasteiger partial charge in [-0.05, 0) is 12.1 Å². The molecule has 5 nitrogen and oxygen atoms in total. The summed E-state index contributed by atoms with van der Waals surface area (Å²) in [5.41, 5.74) is -0.247. The molecule has 0 saturated carbocycles. The lowest BCUT2D eigenvalue weighted by Gasteiger charge is -2.21. The van der Waals surface area contributed by atoms with Gasteiger partial charge >= 0.3 is 6.09 Å². The number of hydrogen-bond acceptors (Lipinski definition) is 3. The molecule has 0 aliphatic carbocycles. The molecule has 2 fully saturated rings. The second-order valence-corrected chi connectivity index (χ2v) is 4.34. The Morgan fingerprint density at radius 1 is 1.33 bits per heavy atom. The number of benzene rings is 1. The number of carboxylic acid groups (broad SMARTS) is 1. The normalized spacial score (nSPS) is 24.9. The highest BCUT2D eigenvalue weighted by Crippen LogP contribution is 2.36. The Hall–Kier alpha value is -1.89. The van der Waals surface area contributed by atoms with E-state index >= 15 is 0 Å². The maximum absolute atomic E-state index is 13.8. The van der Waals surface area contributed by atoms with E-state index in [1.807, 2.05) is 5.32 Å². The minimum absolute atomic E-state index is 0.0700. The van der Waals surface area contributed by atoms with Crippen LogP contribution < -0.4 is 10.2 Å². The van der Waals surface area contributed by atoms with Gasteiger partial charge in [-0.25, -0.2) is 13.6 Å². The Balaban J connectivity index is 1.88. The third-order valence-corrected chi connectivity index (χ3v) is 3.07. The molecular formula is C11H10F2N2O3. The number of anilines is 2. The van der Waals surface area contributed by atoms with E-state index in [1.165, 1.54) is 0 Å². The molecule has 2 unspecified atom stereocenters. The van der Waals surface area contributed by atoms with Crippen LogP contribution in [0.1, 0.15) is 0 Å². The number of carbonyl (C=O) groups is 1. The summed E-state index contributed by atoms with van der Waals surface area (Å²) in [4.78, 5) is 12.0. The molecule has 2 aliphatic rings. The van der Waals surface area contributed by atoms with Gasteiger partial charge in [0.05, 0.1) is 0 Å². The highest BCUT2D eigenvalue weighted by molar-refractivity contribution is 5.83. The molecule has 1 aromatic rings. The van der Waals surface area contributed by atoms with E-state index < -0.39 is 17.7 Å². The Bertz CT molecular complexity index is 490. The van der Waals surface area contributed by atoms with E-state index in [2.05, 4.69) is 0 Å². The molecule has 0 aromatic heterocycles. The highest BCUT2D eigenvalue weighted by atomic mass is 19.1. The molecule has 0 spiro atoms. The van der Waals surface area contributed by atoms with Crippen molar-refractivity contribution in [3.05, 3.63) is 23.8 Å². The Morgan fingerprint density at radius 2 is 1.89 bits per heavy atom. The van der Waals surface area contributed by atoms with Crippen molar-refractivity contribution >= 4 is 17.5 Å². The molecule has 2 heterocycles. The van der Waals surface area contributed by atoms with Crippen LogP contribution in [0.5, 0.6) is 0 Å². The fourth-order valence-corrected chi connectivity index (χ4v) is 2.26. The monoisotopic (exact) mass is 256 g/mol. The molecular weight excluding hydrogens is 246 g/mol. The summed E-state index contributed by atoms with van der Waals surface area (Å²) < 4.78 is 32.8. The van der Waals surface area contributed by atoms with Gasteiger partial charge in [0.25, 0.3) is 0 Å². The van der Waals surface area contributed by atoms with Gasteiger partial charge in [-0.3, -0.25) is 5.32 Å². The Kier molecular flexibility index (Phi) is 2.37. The van der Waals surface area contributed by atoms with Crippen LogP contribution in [0.25, 0.3) is 0 Å². The number of nitrogens with one attached hydrogen (secondary N) is 1. The maximum Gasteiger partial charge on any atom is 0.409 e. The van der Waals surface area contributed by atoms with Gasteiger partial charge < -0.3 is 14.7 Å². The number of nitrogens with zero attached hydrogens (tertiary/aromatic N) is 1. The number of amides is 1. The maximum atomic E-state index is 13.8. The molecule has 7 heteroatoms. The first kappa shape index (κ1) is 11.2. The van der Waals surface area contributed by atoms with E-state index in [-0.39, 0.29) is 23.6 Å². The first-order valence-electron chi connectivity index (χ1n) is 5.44. The van der Waals surface area contributed by atoms with Gasteiger partial charge in [-0.1, -0.05) is 0 Å². The summed E-state index contributed by atoms with van der Waals surface area (Å²) >= 11 is 0. The molecule has 2 saturated heterocycles. The van der Waals surface area contributed by atoms with Crippen LogP contribution in [-0.2, 0) is 4.74 Å². The third-order valence-electron chi connectivity index (χ3n) is 3.07. The van der Waals surface area contributed by atoms with Crippen LogP contribution in [0.15, 0.2) is 12.1 Å². The number of fused-ring (bicyclic) bond motifs is 1. The topological polar surface area (TPSA) is 65.1 Å². The van der Waals surface area contributed by atoms with Crippen molar-refractivity contribution in [2.75, 3.05) is 23.3 Å². The van der Waals surface area contributed by atoms with Crippen LogP contribution >= 0.6 is 0 Å². The van der Waals surface area contributed by atoms with Gasteiger partial charge in [0, 0.05) is 18.8 Å². The SMILES string of the molecule is O=C(O)Nc1cc(F)c(N2CC3OC3C2)c(F)c1. The van der Waals surface area contributed by atoms with Gasteiger partial charge in [0.1, 0.15) is 17.9 Å². The lowest BCUT2D eigenvalue weighted by Crippen LogP contribution is -2.26. The zero-order valence-corrected chi connectivity index (χ0v) is 9.19. The van der Waals surface area contributed by atoms with E-state index in [0.29, 0.717) is 13.1 Å². The minimum atomic E-state index is -1.36. The lowest BCUT2D eigenvalue weighted by molar-refractivity contribution is 0.209. The second kappa shape index (κ2) is 3.81. The fourth-order valence-electron chi connectivity index (χ4n) is 2.26. The predicted octanol–water partition coefficient (Wildman–Crippen LogP) is 1.64. The van der Waals surface area contributed by atoms with Gasteiger partial charge in [-0.15, -0.1) is 0 Å². The van der Waals surface area contributed by atoms with Crippen LogP contribution in [0.3, 0.4) is 0 Å². The molecule has 2 N–H and O–H groups in total. The summed E-state index contributed by atoms with van der Waals surface area (Å²) in [5.74, 6) is -1.56. The molecule has 2 aliphatic heterocycles. The molecule has 2 atom stereocenters. The van der Waals surface area contributed by atoms with Crippen molar-refractivity contribution in [3.8, 4) is 0 Å². The van der Waals surface area contributed by atoms with E-state index in [0.717, 1.165) is 12.1 Å². The molecule has 1 amide bonds. The van der Waals surface area contributed by atoms with Crippen LogP contribution in [-0.4, -0.2) is 36.5 Å².